The molecule has 1 N–H and O–H groups in total. The first-order chi connectivity index (χ1) is 9.18. The first-order valence-corrected chi connectivity index (χ1v) is 8.15. The Morgan fingerprint density at radius 1 is 1.16 bits per heavy atom. The Balaban J connectivity index is 2.00. The fraction of sp³-hybridized carbons (Fsp3) is 0.938. The molecule has 1 aliphatic heterocycles. The average molecular weight is 267 g/mol. The minimum Gasteiger partial charge on any atom is -0.481 e. The fourth-order valence-electron chi connectivity index (χ4n) is 3.89. The highest BCUT2D eigenvalue weighted by molar-refractivity contribution is 5.75. The van der Waals surface area contributed by atoms with Gasteiger partial charge in [-0.25, -0.2) is 0 Å². The summed E-state index contributed by atoms with van der Waals surface area (Å²) >= 11 is 0. The number of aliphatic carboxylic acids is 1. The van der Waals surface area contributed by atoms with Crippen LogP contribution in [0.25, 0.3) is 0 Å². The van der Waals surface area contributed by atoms with Gasteiger partial charge in [-0.1, -0.05) is 39.0 Å². The molecule has 0 bridgehead atoms. The van der Waals surface area contributed by atoms with Crippen LogP contribution >= 0.6 is 0 Å². The van der Waals surface area contributed by atoms with Crippen LogP contribution in [-0.4, -0.2) is 35.1 Å². The van der Waals surface area contributed by atoms with Gasteiger partial charge < -0.3 is 5.11 Å². The van der Waals surface area contributed by atoms with Gasteiger partial charge in [0.2, 0.25) is 0 Å². The van der Waals surface area contributed by atoms with Crippen molar-refractivity contribution >= 4 is 5.97 Å². The topological polar surface area (TPSA) is 40.5 Å². The van der Waals surface area contributed by atoms with Gasteiger partial charge in [-0.05, 0) is 38.6 Å². The van der Waals surface area contributed by atoms with Crippen molar-refractivity contribution in [2.24, 2.45) is 5.41 Å². The maximum atomic E-state index is 11.6. The zero-order valence-electron chi connectivity index (χ0n) is 12.4. The van der Waals surface area contributed by atoms with Gasteiger partial charge >= 0.3 is 5.97 Å². The van der Waals surface area contributed by atoms with Crippen molar-refractivity contribution in [1.82, 2.24) is 4.90 Å². The highest BCUT2D eigenvalue weighted by Gasteiger charge is 2.42. The minimum atomic E-state index is -0.578. The summed E-state index contributed by atoms with van der Waals surface area (Å²) in [5.74, 6) is -0.578. The molecule has 0 aromatic rings. The van der Waals surface area contributed by atoms with E-state index in [4.69, 9.17) is 0 Å². The molecule has 110 valence electrons. The summed E-state index contributed by atoms with van der Waals surface area (Å²) in [6, 6.07) is 0.644. The van der Waals surface area contributed by atoms with Gasteiger partial charge in [0.05, 0.1) is 5.41 Å². The van der Waals surface area contributed by atoms with Crippen molar-refractivity contribution < 1.29 is 9.90 Å². The van der Waals surface area contributed by atoms with E-state index in [2.05, 4.69) is 4.90 Å². The Morgan fingerprint density at radius 3 is 2.37 bits per heavy atom. The molecule has 0 amide bonds. The Hall–Kier alpha value is -0.570. The van der Waals surface area contributed by atoms with Gasteiger partial charge in [0.25, 0.3) is 0 Å². The Labute approximate surface area is 117 Å². The van der Waals surface area contributed by atoms with Crippen molar-refractivity contribution in [3.63, 3.8) is 0 Å². The molecule has 0 aromatic heterocycles. The van der Waals surface area contributed by atoms with Crippen molar-refractivity contribution in [2.75, 3.05) is 13.1 Å². The quantitative estimate of drug-likeness (QED) is 0.848. The summed E-state index contributed by atoms with van der Waals surface area (Å²) in [6.07, 6.45) is 12.0. The zero-order chi connectivity index (χ0) is 13.7. The standard InChI is InChI=1S/C16H29NO2/c1-2-16(15(18)19)11-8-12-17(13-16)14-9-6-4-3-5-7-10-14/h14H,2-13H2,1H3,(H,18,19). The van der Waals surface area contributed by atoms with Crippen LogP contribution in [0.3, 0.4) is 0 Å². The number of likely N-dealkylation sites (tertiary alicyclic amines) is 1. The van der Waals surface area contributed by atoms with E-state index in [-0.39, 0.29) is 0 Å². The van der Waals surface area contributed by atoms with E-state index in [0.29, 0.717) is 6.04 Å². The third-order valence-corrected chi connectivity index (χ3v) is 5.33. The lowest BCUT2D eigenvalue weighted by Gasteiger charge is -2.43. The predicted molar refractivity (Wildman–Crippen MR) is 77.3 cm³/mol. The molecule has 2 rings (SSSR count). The Kier molecular flexibility index (Phi) is 5.26. The number of hydrogen-bond donors (Lipinski definition) is 1. The second kappa shape index (κ2) is 6.74. The van der Waals surface area contributed by atoms with Gasteiger partial charge in [-0.3, -0.25) is 9.69 Å². The molecule has 0 spiro atoms. The highest BCUT2D eigenvalue weighted by atomic mass is 16.4. The normalized spacial score (nSPS) is 31.6. The molecule has 0 aromatic carbocycles. The molecule has 3 heteroatoms. The number of piperidine rings is 1. The number of hydrogen-bond acceptors (Lipinski definition) is 2. The Morgan fingerprint density at radius 2 is 1.79 bits per heavy atom. The van der Waals surface area contributed by atoms with Crippen LogP contribution in [0, 0.1) is 5.41 Å². The van der Waals surface area contributed by atoms with E-state index < -0.39 is 11.4 Å². The van der Waals surface area contributed by atoms with E-state index >= 15 is 0 Å². The highest BCUT2D eigenvalue weighted by Crippen LogP contribution is 2.36. The van der Waals surface area contributed by atoms with Crippen LogP contribution in [0.2, 0.25) is 0 Å². The van der Waals surface area contributed by atoms with Gasteiger partial charge in [0, 0.05) is 12.6 Å². The van der Waals surface area contributed by atoms with E-state index in [1.165, 1.54) is 44.9 Å². The molecule has 1 unspecified atom stereocenters. The summed E-state index contributed by atoms with van der Waals surface area (Å²) in [6.45, 7) is 3.93. The number of carbonyl (C=O) groups is 1. The third-order valence-electron chi connectivity index (χ3n) is 5.33. The number of carboxylic acid groups (broad SMARTS) is 1. The first kappa shape index (κ1) is 14.8. The lowest BCUT2D eigenvalue weighted by atomic mass is 9.76. The van der Waals surface area contributed by atoms with E-state index in [1.807, 2.05) is 6.92 Å². The van der Waals surface area contributed by atoms with Gasteiger partial charge in [0.15, 0.2) is 0 Å². The van der Waals surface area contributed by atoms with Crippen molar-refractivity contribution in [3.05, 3.63) is 0 Å². The molecule has 2 aliphatic rings. The molecule has 2 fully saturated rings. The molecule has 0 radical (unpaired) electrons. The van der Waals surface area contributed by atoms with Gasteiger partial charge in [-0.2, -0.15) is 0 Å². The molecule has 1 heterocycles. The molecule has 1 aliphatic carbocycles. The van der Waals surface area contributed by atoms with Crippen LogP contribution in [0.5, 0.6) is 0 Å². The summed E-state index contributed by atoms with van der Waals surface area (Å²) in [5.41, 5.74) is -0.472. The third kappa shape index (κ3) is 3.50. The zero-order valence-corrected chi connectivity index (χ0v) is 12.4. The largest absolute Gasteiger partial charge is 0.481 e. The predicted octanol–water partition coefficient (Wildman–Crippen LogP) is 3.68. The van der Waals surface area contributed by atoms with Crippen LogP contribution in [0.1, 0.15) is 71.1 Å². The van der Waals surface area contributed by atoms with Crippen molar-refractivity contribution in [1.29, 1.82) is 0 Å². The average Bonchev–Trinajstić information content (AvgIpc) is 2.38. The smallest absolute Gasteiger partial charge is 0.310 e. The number of carboxylic acids is 1. The van der Waals surface area contributed by atoms with E-state index in [1.54, 1.807) is 0 Å². The number of rotatable bonds is 3. The van der Waals surface area contributed by atoms with Gasteiger partial charge in [-0.15, -0.1) is 0 Å². The first-order valence-electron chi connectivity index (χ1n) is 8.15. The molecule has 1 saturated heterocycles. The summed E-state index contributed by atoms with van der Waals surface area (Å²) in [5, 5.41) is 9.58. The SMILES string of the molecule is CCC1(C(=O)O)CCCN(C2CCCCCCC2)C1. The monoisotopic (exact) mass is 267 g/mol. The summed E-state index contributed by atoms with van der Waals surface area (Å²) in [4.78, 5) is 14.1. The molecular weight excluding hydrogens is 238 g/mol. The Bertz CT molecular complexity index is 297. The minimum absolute atomic E-state index is 0.472. The number of nitrogens with zero attached hydrogens (tertiary/aromatic N) is 1. The van der Waals surface area contributed by atoms with E-state index in [9.17, 15) is 9.90 Å². The molecule has 19 heavy (non-hydrogen) atoms. The summed E-state index contributed by atoms with van der Waals surface area (Å²) < 4.78 is 0. The lowest BCUT2D eigenvalue weighted by molar-refractivity contribution is -0.153. The van der Waals surface area contributed by atoms with Crippen molar-refractivity contribution in [3.8, 4) is 0 Å². The molecule has 1 atom stereocenters. The maximum Gasteiger partial charge on any atom is 0.310 e. The maximum absolute atomic E-state index is 11.6. The van der Waals surface area contributed by atoms with Crippen LogP contribution in [0.15, 0.2) is 0 Å². The van der Waals surface area contributed by atoms with Crippen LogP contribution < -0.4 is 0 Å². The van der Waals surface area contributed by atoms with Gasteiger partial charge in [0.1, 0.15) is 0 Å². The van der Waals surface area contributed by atoms with Crippen molar-refractivity contribution in [2.45, 2.75) is 77.2 Å². The molecular formula is C16H29NO2. The van der Waals surface area contributed by atoms with E-state index in [0.717, 1.165) is 32.4 Å². The van der Waals surface area contributed by atoms with Crippen LogP contribution in [0.4, 0.5) is 0 Å². The molecule has 1 saturated carbocycles. The summed E-state index contributed by atoms with van der Waals surface area (Å²) in [7, 11) is 0. The molecule has 3 nitrogen and oxygen atoms in total. The second-order valence-corrected chi connectivity index (χ2v) is 6.51. The lowest BCUT2D eigenvalue weighted by Crippen LogP contribution is -2.51. The second-order valence-electron chi connectivity index (χ2n) is 6.51. The van der Waals surface area contributed by atoms with Crippen LogP contribution in [-0.2, 0) is 4.79 Å². The fourth-order valence-corrected chi connectivity index (χ4v) is 3.89.